The van der Waals surface area contributed by atoms with Crippen LogP contribution in [0.2, 0.25) is 0 Å². The number of anilines is 1. The number of aryl methyl sites for hydroxylation is 1. The average molecular weight is 424 g/mol. The molecule has 156 valence electrons. The van der Waals surface area contributed by atoms with Gasteiger partial charge in [0.25, 0.3) is 5.01 Å². The Labute approximate surface area is 179 Å². The third kappa shape index (κ3) is 4.33. The normalized spacial score (nSPS) is 13.4. The van der Waals surface area contributed by atoms with Gasteiger partial charge in [-0.15, -0.1) is 0 Å². The topological polar surface area (TPSA) is 71.5 Å². The Morgan fingerprint density at radius 1 is 1.23 bits per heavy atom. The molecular formula is C24H27N2O3S+. The summed E-state index contributed by atoms with van der Waals surface area (Å²) in [6.45, 7) is 3.65. The summed E-state index contributed by atoms with van der Waals surface area (Å²) in [5, 5.41) is 14.2. The highest BCUT2D eigenvalue weighted by Gasteiger charge is 2.31. The highest BCUT2D eigenvalue weighted by Crippen LogP contribution is 2.41. The minimum atomic E-state index is -0.939. The molecule has 1 aliphatic heterocycles. The van der Waals surface area contributed by atoms with Gasteiger partial charge in [-0.2, -0.15) is 4.98 Å². The van der Waals surface area contributed by atoms with Gasteiger partial charge in [-0.05, 0) is 56.0 Å². The first kappa shape index (κ1) is 20.4. The summed E-state index contributed by atoms with van der Waals surface area (Å²) < 4.78 is 5.79. The van der Waals surface area contributed by atoms with Gasteiger partial charge in [-0.3, -0.25) is 0 Å². The molecule has 1 aliphatic rings. The molecule has 2 heterocycles. The van der Waals surface area contributed by atoms with Gasteiger partial charge in [0.05, 0.1) is 12.2 Å². The predicted molar refractivity (Wildman–Crippen MR) is 122 cm³/mol. The monoisotopic (exact) mass is 423 g/mol. The van der Waals surface area contributed by atoms with E-state index < -0.39 is 5.97 Å². The average Bonchev–Trinajstić information content (AvgIpc) is 3.16. The molecule has 5 nitrogen and oxygen atoms in total. The van der Waals surface area contributed by atoms with Crippen molar-refractivity contribution in [3.63, 3.8) is 0 Å². The number of hydrogen-bond donors (Lipinski definition) is 2. The molecule has 2 aromatic carbocycles. The Morgan fingerprint density at radius 2 is 2.07 bits per heavy atom. The van der Waals surface area contributed by atoms with Crippen LogP contribution < -0.4 is 10.1 Å². The summed E-state index contributed by atoms with van der Waals surface area (Å²) in [6.07, 6.45) is 3.67. The van der Waals surface area contributed by atoms with Crippen molar-refractivity contribution < 1.29 is 14.6 Å². The van der Waals surface area contributed by atoms with Gasteiger partial charge in [-0.25, -0.2) is 4.79 Å². The third-order valence-corrected chi connectivity index (χ3v) is 7.72. The highest BCUT2D eigenvalue weighted by molar-refractivity contribution is 7.33. The lowest BCUT2D eigenvalue weighted by Gasteiger charge is -2.17. The molecule has 1 atom stereocenters. The zero-order valence-corrected chi connectivity index (χ0v) is 18.0. The second-order valence-corrected chi connectivity index (χ2v) is 9.58. The van der Waals surface area contributed by atoms with Crippen molar-refractivity contribution in [2.24, 2.45) is 0 Å². The molecule has 6 heteroatoms. The van der Waals surface area contributed by atoms with E-state index >= 15 is 0 Å². The lowest BCUT2D eigenvalue weighted by Crippen LogP contribution is -2.11. The molecule has 1 unspecified atom stereocenters. The maximum atomic E-state index is 11.9. The SMILES string of the molecule is CC[s+]1c(-c2ccc3c(c2)NCCC3)nc(C(=O)O)c1CCCOc1ccccc1. The van der Waals surface area contributed by atoms with Gasteiger partial charge in [0.1, 0.15) is 11.5 Å². The third-order valence-electron chi connectivity index (χ3n) is 5.35. The molecule has 0 fully saturated rings. The molecule has 2 N–H and O–H groups in total. The summed E-state index contributed by atoms with van der Waals surface area (Å²) in [7, 11) is -0.295. The maximum Gasteiger partial charge on any atom is 0.360 e. The van der Waals surface area contributed by atoms with Crippen LogP contribution >= 0.6 is 10.5 Å². The van der Waals surface area contributed by atoms with Gasteiger partial charge in [-0.1, -0.05) is 24.3 Å². The van der Waals surface area contributed by atoms with Crippen molar-refractivity contribution in [2.75, 3.05) is 18.5 Å². The summed E-state index contributed by atoms with van der Waals surface area (Å²) >= 11 is 0. The first-order valence-corrected chi connectivity index (χ1v) is 11.9. The van der Waals surface area contributed by atoms with Crippen LogP contribution in [0.3, 0.4) is 0 Å². The van der Waals surface area contributed by atoms with Gasteiger partial charge in [0.2, 0.25) is 5.69 Å². The van der Waals surface area contributed by atoms with Crippen LogP contribution in [0, 0.1) is 0 Å². The van der Waals surface area contributed by atoms with Crippen LogP contribution in [0.4, 0.5) is 5.69 Å². The Balaban J connectivity index is 1.57. The van der Waals surface area contributed by atoms with E-state index in [1.165, 1.54) is 5.56 Å². The van der Waals surface area contributed by atoms with E-state index in [1.807, 2.05) is 30.3 Å². The highest BCUT2D eigenvalue weighted by atomic mass is 32.2. The fourth-order valence-electron chi connectivity index (χ4n) is 3.91. The van der Waals surface area contributed by atoms with E-state index in [-0.39, 0.29) is 16.2 Å². The number of rotatable bonds is 8. The summed E-state index contributed by atoms with van der Waals surface area (Å²) in [5.74, 6) is 0.755. The molecule has 30 heavy (non-hydrogen) atoms. The molecule has 0 saturated heterocycles. The van der Waals surface area contributed by atoms with Crippen molar-refractivity contribution >= 4 is 22.1 Å². The number of aromatic carboxylic acids is 1. The molecule has 4 rings (SSSR count). The zero-order chi connectivity index (χ0) is 20.9. The predicted octanol–water partition coefficient (Wildman–Crippen LogP) is 5.59. The summed E-state index contributed by atoms with van der Waals surface area (Å²) in [4.78, 5) is 17.5. The number of thiazole rings is 1. The number of carbonyl (C=O) groups is 1. The lowest BCUT2D eigenvalue weighted by molar-refractivity contribution is 0.0690. The standard InChI is InChI=1S/C24H26N2O3S/c1-2-30-21(11-7-15-29-19-9-4-3-5-10-19)22(24(27)28)26-23(30)18-13-12-17-8-6-14-25-20(17)16-18/h3-5,9-10,12-13,16,25H,2,6-8,11,14-15H2,1H3/p+1. The lowest BCUT2D eigenvalue weighted by atomic mass is 10.0. The number of ether oxygens (including phenoxy) is 1. The Bertz CT molecular complexity index is 1030. The molecule has 0 bridgehead atoms. The molecule has 0 amide bonds. The van der Waals surface area contributed by atoms with Crippen LogP contribution in [-0.2, 0) is 18.6 Å². The molecule has 0 aliphatic carbocycles. The van der Waals surface area contributed by atoms with Crippen LogP contribution in [0.25, 0.3) is 10.6 Å². The van der Waals surface area contributed by atoms with Crippen LogP contribution in [0.1, 0.15) is 40.7 Å². The van der Waals surface area contributed by atoms with Crippen LogP contribution in [0.5, 0.6) is 5.75 Å². The number of hydrogen-bond acceptors (Lipinski definition) is 4. The van der Waals surface area contributed by atoms with Gasteiger partial charge < -0.3 is 15.2 Å². The fourth-order valence-corrected chi connectivity index (χ4v) is 6.14. The van der Waals surface area contributed by atoms with E-state index in [9.17, 15) is 9.90 Å². The molecular weight excluding hydrogens is 396 g/mol. The second kappa shape index (κ2) is 9.30. The first-order chi connectivity index (χ1) is 14.7. The number of aromatic nitrogens is 1. The van der Waals surface area contributed by atoms with Crippen molar-refractivity contribution in [3.05, 3.63) is 64.7 Å². The van der Waals surface area contributed by atoms with Crippen LogP contribution in [0.15, 0.2) is 48.5 Å². The number of nitrogens with zero attached hydrogens (tertiary/aromatic N) is 1. The largest absolute Gasteiger partial charge is 0.494 e. The van der Waals surface area contributed by atoms with Crippen molar-refractivity contribution in [1.29, 1.82) is 0 Å². The zero-order valence-electron chi connectivity index (χ0n) is 17.2. The fraction of sp³-hybridized carbons (Fsp3) is 0.333. The molecule has 0 saturated carbocycles. The summed E-state index contributed by atoms with van der Waals surface area (Å²) in [6, 6.07) is 16.1. The Morgan fingerprint density at radius 3 is 2.83 bits per heavy atom. The number of nitrogens with one attached hydrogen (secondary N) is 1. The van der Waals surface area contributed by atoms with Crippen molar-refractivity contribution in [2.45, 2.75) is 38.4 Å². The van der Waals surface area contributed by atoms with E-state index in [0.29, 0.717) is 13.0 Å². The van der Waals surface area contributed by atoms with Crippen molar-refractivity contribution in [1.82, 2.24) is 4.98 Å². The van der Waals surface area contributed by atoms with Crippen LogP contribution in [-0.4, -0.2) is 29.2 Å². The molecule has 0 radical (unpaired) electrons. The number of benzene rings is 2. The van der Waals surface area contributed by atoms with Gasteiger partial charge in [0, 0.05) is 29.1 Å². The Hall–Kier alpha value is -2.86. The minimum Gasteiger partial charge on any atom is -0.494 e. The Kier molecular flexibility index (Phi) is 6.33. The number of carboxylic acids is 1. The molecule has 1 aromatic heterocycles. The number of carboxylic acid groups (broad SMARTS) is 1. The molecule has 3 aromatic rings. The number of fused-ring (bicyclic) bond motifs is 1. The van der Waals surface area contributed by atoms with E-state index in [1.54, 1.807) is 0 Å². The smallest absolute Gasteiger partial charge is 0.360 e. The molecule has 0 spiro atoms. The first-order valence-electron chi connectivity index (χ1n) is 10.5. The van der Waals surface area contributed by atoms with E-state index in [0.717, 1.165) is 58.4 Å². The van der Waals surface area contributed by atoms with Crippen molar-refractivity contribution in [3.8, 4) is 16.3 Å². The van der Waals surface area contributed by atoms with E-state index in [4.69, 9.17) is 4.74 Å². The maximum absolute atomic E-state index is 11.9. The minimum absolute atomic E-state index is 0.223. The second-order valence-electron chi connectivity index (χ2n) is 7.34. The summed E-state index contributed by atoms with van der Waals surface area (Å²) in [5.41, 5.74) is 3.73. The van der Waals surface area contributed by atoms with Gasteiger partial charge >= 0.3 is 5.97 Å². The van der Waals surface area contributed by atoms with Gasteiger partial charge in [0.15, 0.2) is 4.88 Å². The van der Waals surface area contributed by atoms with E-state index in [2.05, 4.69) is 35.4 Å². The number of para-hydroxylation sites is 1. The quantitative estimate of drug-likeness (QED) is 0.365.